The summed E-state index contributed by atoms with van der Waals surface area (Å²) in [6.07, 6.45) is 3.54. The standard InChI is InChI=1S/C20H20N2O3/c1-25-18-9-5-8-17(13-18)22-14-16(12-20(22)24)21-19(23)11-10-15-6-3-2-4-7-15/h2-11,13,16H,12,14H2,1H3,(H,21,23)/b11-10-/t16-/m1/s1. The van der Waals surface area contributed by atoms with E-state index < -0.39 is 0 Å². The molecule has 1 atom stereocenters. The fourth-order valence-electron chi connectivity index (χ4n) is 2.82. The summed E-state index contributed by atoms with van der Waals surface area (Å²) in [7, 11) is 1.59. The molecule has 1 fully saturated rings. The highest BCUT2D eigenvalue weighted by Crippen LogP contribution is 2.25. The highest BCUT2D eigenvalue weighted by atomic mass is 16.5. The van der Waals surface area contributed by atoms with Crippen LogP contribution in [-0.4, -0.2) is 31.5 Å². The zero-order chi connectivity index (χ0) is 17.6. The van der Waals surface area contributed by atoms with Crippen molar-refractivity contribution >= 4 is 23.6 Å². The van der Waals surface area contributed by atoms with E-state index in [9.17, 15) is 9.59 Å². The first kappa shape index (κ1) is 16.8. The van der Waals surface area contributed by atoms with Crippen LogP contribution in [0, 0.1) is 0 Å². The molecule has 1 heterocycles. The Bertz CT molecular complexity index is 787. The summed E-state index contributed by atoms with van der Waals surface area (Å²) in [5.74, 6) is 0.489. The van der Waals surface area contributed by atoms with Gasteiger partial charge in [0.25, 0.3) is 0 Å². The van der Waals surface area contributed by atoms with E-state index in [2.05, 4.69) is 5.32 Å². The van der Waals surface area contributed by atoms with Gasteiger partial charge in [-0.15, -0.1) is 0 Å². The van der Waals surface area contributed by atoms with E-state index in [-0.39, 0.29) is 17.9 Å². The Labute approximate surface area is 146 Å². The number of hydrogen-bond acceptors (Lipinski definition) is 3. The predicted molar refractivity (Wildman–Crippen MR) is 97.4 cm³/mol. The molecule has 0 radical (unpaired) electrons. The predicted octanol–water partition coefficient (Wildman–Crippen LogP) is 2.63. The van der Waals surface area contributed by atoms with Gasteiger partial charge in [0.05, 0.1) is 13.2 Å². The summed E-state index contributed by atoms with van der Waals surface area (Å²) in [6, 6.07) is 16.8. The van der Waals surface area contributed by atoms with Crippen molar-refractivity contribution in [3.05, 3.63) is 66.2 Å². The Morgan fingerprint density at radius 2 is 2.00 bits per heavy atom. The first-order valence-electron chi connectivity index (χ1n) is 8.14. The molecule has 2 amide bonds. The Morgan fingerprint density at radius 1 is 1.20 bits per heavy atom. The summed E-state index contributed by atoms with van der Waals surface area (Å²) in [4.78, 5) is 26.0. The van der Waals surface area contributed by atoms with Crippen LogP contribution < -0.4 is 15.0 Å². The van der Waals surface area contributed by atoms with Crippen LogP contribution in [0.2, 0.25) is 0 Å². The molecule has 1 aliphatic heterocycles. The summed E-state index contributed by atoms with van der Waals surface area (Å²) in [5.41, 5.74) is 1.74. The van der Waals surface area contributed by atoms with Crippen LogP contribution in [0.25, 0.3) is 6.08 Å². The van der Waals surface area contributed by atoms with Crippen molar-refractivity contribution < 1.29 is 14.3 Å². The summed E-state index contributed by atoms with van der Waals surface area (Å²) in [6.45, 7) is 0.455. The number of carbonyl (C=O) groups is 2. The molecule has 0 aromatic heterocycles. The third-order valence-corrected chi connectivity index (χ3v) is 4.06. The smallest absolute Gasteiger partial charge is 0.244 e. The molecule has 25 heavy (non-hydrogen) atoms. The third-order valence-electron chi connectivity index (χ3n) is 4.06. The van der Waals surface area contributed by atoms with Crippen LogP contribution in [0.3, 0.4) is 0 Å². The van der Waals surface area contributed by atoms with Crippen molar-refractivity contribution in [2.75, 3.05) is 18.6 Å². The minimum absolute atomic E-state index is 0.00871. The molecule has 0 unspecified atom stereocenters. The summed E-state index contributed by atoms with van der Waals surface area (Å²) >= 11 is 0. The maximum Gasteiger partial charge on any atom is 0.244 e. The SMILES string of the molecule is COc1cccc(N2C[C@H](NC(=O)/C=C\c3ccccc3)CC2=O)c1. The molecule has 2 aromatic carbocycles. The lowest BCUT2D eigenvalue weighted by atomic mass is 10.2. The van der Waals surface area contributed by atoms with Crippen LogP contribution in [-0.2, 0) is 9.59 Å². The van der Waals surface area contributed by atoms with E-state index in [0.29, 0.717) is 18.7 Å². The van der Waals surface area contributed by atoms with Crippen molar-refractivity contribution in [2.45, 2.75) is 12.5 Å². The minimum Gasteiger partial charge on any atom is -0.497 e. The van der Waals surface area contributed by atoms with E-state index in [1.807, 2.05) is 54.6 Å². The van der Waals surface area contributed by atoms with Gasteiger partial charge in [0.15, 0.2) is 0 Å². The van der Waals surface area contributed by atoms with Gasteiger partial charge in [-0.25, -0.2) is 0 Å². The number of ether oxygens (including phenoxy) is 1. The van der Waals surface area contributed by atoms with Crippen molar-refractivity contribution in [1.82, 2.24) is 5.32 Å². The number of amides is 2. The Kier molecular flexibility index (Phi) is 5.14. The second kappa shape index (κ2) is 7.66. The fraction of sp³-hybridized carbons (Fsp3) is 0.200. The monoisotopic (exact) mass is 336 g/mol. The van der Waals surface area contributed by atoms with Crippen LogP contribution in [0.1, 0.15) is 12.0 Å². The van der Waals surface area contributed by atoms with Gasteiger partial charge in [-0.05, 0) is 23.8 Å². The molecule has 0 spiro atoms. The molecule has 128 valence electrons. The number of rotatable bonds is 5. The van der Waals surface area contributed by atoms with Crippen molar-refractivity contribution in [3.8, 4) is 5.75 Å². The molecule has 5 heteroatoms. The van der Waals surface area contributed by atoms with Gasteiger partial charge in [0.1, 0.15) is 5.75 Å². The highest BCUT2D eigenvalue weighted by molar-refractivity contribution is 5.98. The molecule has 0 saturated carbocycles. The van der Waals surface area contributed by atoms with Gasteiger partial charge < -0.3 is 15.0 Å². The van der Waals surface area contributed by atoms with Crippen LogP contribution in [0.5, 0.6) is 5.75 Å². The molecular formula is C20H20N2O3. The number of nitrogens with one attached hydrogen (secondary N) is 1. The van der Waals surface area contributed by atoms with E-state index in [4.69, 9.17) is 4.74 Å². The van der Waals surface area contributed by atoms with E-state index in [1.165, 1.54) is 6.08 Å². The van der Waals surface area contributed by atoms with E-state index >= 15 is 0 Å². The highest BCUT2D eigenvalue weighted by Gasteiger charge is 2.31. The molecule has 0 aliphatic carbocycles. The Hall–Kier alpha value is -3.08. The lowest BCUT2D eigenvalue weighted by Crippen LogP contribution is -2.36. The number of hydrogen-bond donors (Lipinski definition) is 1. The zero-order valence-corrected chi connectivity index (χ0v) is 14.0. The average molecular weight is 336 g/mol. The van der Waals surface area contributed by atoms with Crippen molar-refractivity contribution in [2.24, 2.45) is 0 Å². The first-order valence-corrected chi connectivity index (χ1v) is 8.14. The number of nitrogens with zero attached hydrogens (tertiary/aromatic N) is 1. The molecule has 1 aliphatic rings. The second-order valence-corrected chi connectivity index (χ2v) is 5.86. The number of benzene rings is 2. The number of carbonyl (C=O) groups excluding carboxylic acids is 2. The lowest BCUT2D eigenvalue weighted by Gasteiger charge is -2.17. The maximum absolute atomic E-state index is 12.3. The molecule has 1 N–H and O–H groups in total. The van der Waals surface area contributed by atoms with Crippen LogP contribution >= 0.6 is 0 Å². The molecule has 0 bridgehead atoms. The average Bonchev–Trinajstić information content (AvgIpc) is 3.01. The number of anilines is 1. The van der Waals surface area contributed by atoms with Gasteiger partial charge in [-0.3, -0.25) is 9.59 Å². The summed E-state index contributed by atoms with van der Waals surface area (Å²) < 4.78 is 5.20. The van der Waals surface area contributed by atoms with Crippen LogP contribution in [0.15, 0.2) is 60.7 Å². The minimum atomic E-state index is -0.202. The molecule has 2 aromatic rings. The van der Waals surface area contributed by atoms with E-state index in [0.717, 1.165) is 11.3 Å². The van der Waals surface area contributed by atoms with Crippen LogP contribution in [0.4, 0.5) is 5.69 Å². The third kappa shape index (κ3) is 4.26. The quantitative estimate of drug-likeness (QED) is 0.854. The Balaban J connectivity index is 1.60. The molecule has 5 nitrogen and oxygen atoms in total. The van der Waals surface area contributed by atoms with Gasteiger partial charge in [0.2, 0.25) is 11.8 Å². The van der Waals surface area contributed by atoms with E-state index in [1.54, 1.807) is 18.1 Å². The normalized spacial score (nSPS) is 17.1. The zero-order valence-electron chi connectivity index (χ0n) is 14.0. The molecule has 3 rings (SSSR count). The van der Waals surface area contributed by atoms with Gasteiger partial charge in [0, 0.05) is 30.8 Å². The van der Waals surface area contributed by atoms with Gasteiger partial charge in [-0.2, -0.15) is 0 Å². The van der Waals surface area contributed by atoms with Gasteiger partial charge >= 0.3 is 0 Å². The topological polar surface area (TPSA) is 58.6 Å². The Morgan fingerprint density at radius 3 is 2.76 bits per heavy atom. The number of methoxy groups -OCH3 is 1. The molecular weight excluding hydrogens is 316 g/mol. The fourth-order valence-corrected chi connectivity index (χ4v) is 2.82. The van der Waals surface area contributed by atoms with Gasteiger partial charge in [-0.1, -0.05) is 36.4 Å². The first-order chi connectivity index (χ1) is 12.2. The molecule has 1 saturated heterocycles. The summed E-state index contributed by atoms with van der Waals surface area (Å²) in [5, 5.41) is 2.89. The van der Waals surface area contributed by atoms with Crippen molar-refractivity contribution in [3.63, 3.8) is 0 Å². The lowest BCUT2D eigenvalue weighted by molar-refractivity contribution is -0.117. The second-order valence-electron chi connectivity index (χ2n) is 5.86. The maximum atomic E-state index is 12.3. The van der Waals surface area contributed by atoms with Crippen molar-refractivity contribution in [1.29, 1.82) is 0 Å². The largest absolute Gasteiger partial charge is 0.497 e.